The number of nitrogens with one attached hydrogen (secondary N) is 2. The fourth-order valence-corrected chi connectivity index (χ4v) is 2.63. The molecule has 0 spiro atoms. The quantitative estimate of drug-likeness (QED) is 0.596. The van der Waals surface area contributed by atoms with Crippen LogP contribution in [0.2, 0.25) is 0 Å². The lowest BCUT2D eigenvalue weighted by Gasteiger charge is -2.35. The molecule has 1 saturated heterocycles. The molecule has 0 aromatic rings. The molecule has 21 heavy (non-hydrogen) atoms. The van der Waals surface area contributed by atoms with Crippen molar-refractivity contribution in [2.75, 3.05) is 33.9 Å². The summed E-state index contributed by atoms with van der Waals surface area (Å²) in [5.41, 5.74) is 0. The van der Waals surface area contributed by atoms with Crippen molar-refractivity contribution in [1.29, 1.82) is 0 Å². The van der Waals surface area contributed by atoms with Crippen LogP contribution in [0.25, 0.3) is 0 Å². The van der Waals surface area contributed by atoms with E-state index in [2.05, 4.69) is 29.5 Å². The molecule has 1 aliphatic rings. The molecule has 0 saturated carbocycles. The molecule has 3 N–H and O–H groups in total. The highest BCUT2D eigenvalue weighted by Crippen LogP contribution is 2.15. The van der Waals surface area contributed by atoms with Crippen molar-refractivity contribution in [2.45, 2.75) is 38.3 Å². The molecule has 0 aliphatic carbocycles. The van der Waals surface area contributed by atoms with Crippen LogP contribution >= 0.6 is 0 Å². The smallest absolute Gasteiger partial charge is 0.326 e. The van der Waals surface area contributed by atoms with Crippen LogP contribution in [-0.4, -0.2) is 67.9 Å². The third-order valence-corrected chi connectivity index (χ3v) is 3.87. The lowest BCUT2D eigenvalue weighted by atomic mass is 9.94. The maximum absolute atomic E-state index is 12.0. The van der Waals surface area contributed by atoms with Crippen LogP contribution in [0.3, 0.4) is 0 Å². The highest BCUT2D eigenvalue weighted by Gasteiger charge is 2.27. The van der Waals surface area contributed by atoms with E-state index in [4.69, 9.17) is 9.84 Å². The van der Waals surface area contributed by atoms with Gasteiger partial charge in [0, 0.05) is 26.3 Å². The van der Waals surface area contributed by atoms with Gasteiger partial charge in [-0.3, -0.25) is 0 Å². The number of likely N-dealkylation sites (tertiary alicyclic amines) is 1. The lowest BCUT2D eigenvalue weighted by Crippen LogP contribution is -2.54. The van der Waals surface area contributed by atoms with E-state index in [0.717, 1.165) is 19.5 Å². The van der Waals surface area contributed by atoms with Crippen LogP contribution < -0.4 is 10.6 Å². The number of hydrogen-bond acceptors (Lipinski definition) is 4. The number of carbonyl (C=O) groups excluding carboxylic acids is 1. The van der Waals surface area contributed by atoms with E-state index in [9.17, 15) is 9.59 Å². The Hall–Kier alpha value is -1.34. The maximum atomic E-state index is 12.0. The van der Waals surface area contributed by atoms with Gasteiger partial charge < -0.3 is 25.4 Å². The largest absolute Gasteiger partial charge is 0.480 e. The number of rotatable bonds is 7. The van der Waals surface area contributed by atoms with Crippen molar-refractivity contribution in [3.05, 3.63) is 0 Å². The molecule has 0 radical (unpaired) electrons. The zero-order valence-corrected chi connectivity index (χ0v) is 13.1. The third-order valence-electron chi connectivity index (χ3n) is 3.87. The molecule has 1 aliphatic heterocycles. The Labute approximate surface area is 126 Å². The highest BCUT2D eigenvalue weighted by molar-refractivity contribution is 5.82. The Bertz CT molecular complexity index is 351. The monoisotopic (exact) mass is 301 g/mol. The van der Waals surface area contributed by atoms with Gasteiger partial charge >= 0.3 is 12.0 Å². The summed E-state index contributed by atoms with van der Waals surface area (Å²) in [7, 11) is 3.63. The van der Waals surface area contributed by atoms with Crippen molar-refractivity contribution in [3.8, 4) is 0 Å². The predicted molar refractivity (Wildman–Crippen MR) is 79.3 cm³/mol. The highest BCUT2D eigenvalue weighted by atomic mass is 16.5. The standard InChI is InChI=1S/C14H27N3O4/c1-10-9-17(2)7-6-11(10)15-14(20)16-12(13(18)19)5-4-8-21-3/h10-12H,4-9H2,1-3H3,(H,18,19)(H2,15,16,20). The Morgan fingerprint density at radius 3 is 2.76 bits per heavy atom. The minimum atomic E-state index is -1.02. The molecule has 3 unspecified atom stereocenters. The van der Waals surface area contributed by atoms with Crippen LogP contribution in [0.1, 0.15) is 26.2 Å². The molecule has 7 nitrogen and oxygen atoms in total. The summed E-state index contributed by atoms with van der Waals surface area (Å²) < 4.78 is 4.90. The van der Waals surface area contributed by atoms with Crippen LogP contribution in [0.4, 0.5) is 4.79 Å². The van der Waals surface area contributed by atoms with Crippen LogP contribution in [0.5, 0.6) is 0 Å². The number of carboxylic acid groups (broad SMARTS) is 1. The molecule has 1 fully saturated rings. The van der Waals surface area contributed by atoms with E-state index in [1.807, 2.05) is 0 Å². The number of carboxylic acids is 1. The molecule has 2 amide bonds. The van der Waals surface area contributed by atoms with Crippen LogP contribution in [0.15, 0.2) is 0 Å². The fourth-order valence-electron chi connectivity index (χ4n) is 2.63. The molecule has 0 aromatic carbocycles. The first-order chi connectivity index (χ1) is 9.93. The summed E-state index contributed by atoms with van der Waals surface area (Å²) in [5.74, 6) is -0.663. The van der Waals surface area contributed by atoms with E-state index in [-0.39, 0.29) is 6.04 Å². The number of nitrogens with zero attached hydrogens (tertiary/aromatic N) is 1. The molecule has 122 valence electrons. The topological polar surface area (TPSA) is 90.9 Å². The SMILES string of the molecule is COCCCC(NC(=O)NC1CCN(C)CC1C)C(=O)O. The van der Waals surface area contributed by atoms with Gasteiger partial charge in [-0.05, 0) is 38.8 Å². The Morgan fingerprint density at radius 2 is 2.19 bits per heavy atom. The van der Waals surface area contributed by atoms with E-state index in [1.54, 1.807) is 7.11 Å². The van der Waals surface area contributed by atoms with E-state index in [0.29, 0.717) is 25.4 Å². The predicted octanol–water partition coefficient (Wildman–Crippen LogP) is 0.506. The maximum Gasteiger partial charge on any atom is 0.326 e. The summed E-state index contributed by atoms with van der Waals surface area (Å²) in [6.07, 6.45) is 1.84. The number of amides is 2. The molecular formula is C14H27N3O4. The average molecular weight is 301 g/mol. The van der Waals surface area contributed by atoms with Gasteiger partial charge in [0.05, 0.1) is 0 Å². The van der Waals surface area contributed by atoms with E-state index in [1.165, 1.54) is 0 Å². The number of aliphatic carboxylic acids is 1. The summed E-state index contributed by atoms with van der Waals surface area (Å²) in [6, 6.07) is -1.18. The molecular weight excluding hydrogens is 274 g/mol. The third kappa shape index (κ3) is 6.31. The first-order valence-corrected chi connectivity index (χ1v) is 7.41. The summed E-state index contributed by atoms with van der Waals surface area (Å²) >= 11 is 0. The van der Waals surface area contributed by atoms with Crippen molar-refractivity contribution < 1.29 is 19.4 Å². The van der Waals surface area contributed by atoms with Gasteiger partial charge in [0.1, 0.15) is 6.04 Å². The number of carbonyl (C=O) groups is 2. The zero-order chi connectivity index (χ0) is 15.8. The minimum Gasteiger partial charge on any atom is -0.480 e. The van der Waals surface area contributed by atoms with Crippen LogP contribution in [0, 0.1) is 5.92 Å². The van der Waals surface area contributed by atoms with Gasteiger partial charge in [-0.25, -0.2) is 9.59 Å². The number of piperidine rings is 1. The van der Waals surface area contributed by atoms with Crippen molar-refractivity contribution >= 4 is 12.0 Å². The first kappa shape index (κ1) is 17.7. The van der Waals surface area contributed by atoms with Gasteiger partial charge in [-0.1, -0.05) is 6.92 Å². The van der Waals surface area contributed by atoms with Crippen LogP contribution in [-0.2, 0) is 9.53 Å². The fraction of sp³-hybridized carbons (Fsp3) is 0.857. The van der Waals surface area contributed by atoms with Gasteiger partial charge in [-0.15, -0.1) is 0 Å². The minimum absolute atomic E-state index is 0.0922. The first-order valence-electron chi connectivity index (χ1n) is 7.41. The summed E-state index contributed by atoms with van der Waals surface area (Å²) in [6.45, 7) is 4.44. The number of hydrogen-bond donors (Lipinski definition) is 3. The second kappa shape index (κ2) is 8.84. The molecule has 0 bridgehead atoms. The summed E-state index contributed by atoms with van der Waals surface area (Å²) in [4.78, 5) is 25.3. The Balaban J connectivity index is 2.40. The molecule has 7 heteroatoms. The second-order valence-corrected chi connectivity index (χ2v) is 5.78. The number of methoxy groups -OCH3 is 1. The number of urea groups is 1. The zero-order valence-electron chi connectivity index (χ0n) is 13.1. The van der Waals surface area contributed by atoms with Gasteiger partial charge in [0.15, 0.2) is 0 Å². The van der Waals surface area contributed by atoms with Gasteiger partial charge in [0.2, 0.25) is 0 Å². The average Bonchev–Trinajstić information content (AvgIpc) is 2.41. The lowest BCUT2D eigenvalue weighted by molar-refractivity contribution is -0.139. The Kier molecular flexibility index (Phi) is 7.45. The molecule has 1 rings (SSSR count). The van der Waals surface area contributed by atoms with Gasteiger partial charge in [-0.2, -0.15) is 0 Å². The Morgan fingerprint density at radius 1 is 1.48 bits per heavy atom. The van der Waals surface area contributed by atoms with Crippen molar-refractivity contribution in [2.24, 2.45) is 5.92 Å². The molecule has 0 aromatic heterocycles. The summed E-state index contributed by atoms with van der Waals surface area (Å²) in [5, 5.41) is 14.6. The second-order valence-electron chi connectivity index (χ2n) is 5.78. The van der Waals surface area contributed by atoms with Crippen molar-refractivity contribution in [3.63, 3.8) is 0 Å². The van der Waals surface area contributed by atoms with Gasteiger partial charge in [0.25, 0.3) is 0 Å². The number of ether oxygens (including phenoxy) is 1. The molecule has 3 atom stereocenters. The normalized spacial score (nSPS) is 24.3. The van der Waals surface area contributed by atoms with E-state index < -0.39 is 18.0 Å². The van der Waals surface area contributed by atoms with E-state index >= 15 is 0 Å². The molecule has 1 heterocycles. The van der Waals surface area contributed by atoms with Crippen molar-refractivity contribution in [1.82, 2.24) is 15.5 Å².